The Morgan fingerprint density at radius 1 is 1.04 bits per heavy atom. The molecule has 7 heteroatoms. The summed E-state index contributed by atoms with van der Waals surface area (Å²) in [5.41, 5.74) is 0.331. The van der Waals surface area contributed by atoms with Gasteiger partial charge in [0.1, 0.15) is 4.88 Å². The molecule has 1 aliphatic carbocycles. The van der Waals surface area contributed by atoms with E-state index in [2.05, 4.69) is 10.0 Å². The molecule has 0 atom stereocenters. The normalized spacial score (nSPS) is 15.8. The molecule has 0 spiro atoms. The smallest absolute Gasteiger partial charge is 0.263 e. The highest BCUT2D eigenvalue weighted by Crippen LogP contribution is 2.26. The summed E-state index contributed by atoms with van der Waals surface area (Å²) >= 11 is 1.24. The number of carbonyl (C=O) groups excluding carboxylic acids is 1. The number of rotatable bonds is 5. The number of hydrogen-bond acceptors (Lipinski definition) is 4. The minimum Gasteiger partial charge on any atom is -0.349 e. The van der Waals surface area contributed by atoms with Gasteiger partial charge in [0.15, 0.2) is 0 Å². The number of benzene rings is 1. The molecule has 3 rings (SSSR count). The summed E-state index contributed by atoms with van der Waals surface area (Å²) < 4.78 is 27.4. The van der Waals surface area contributed by atoms with Gasteiger partial charge in [0.25, 0.3) is 15.9 Å². The summed E-state index contributed by atoms with van der Waals surface area (Å²) in [5.74, 6) is -0.206. The summed E-state index contributed by atoms with van der Waals surface area (Å²) in [4.78, 5) is 13.1. The Kier molecular flexibility index (Phi) is 5.20. The summed E-state index contributed by atoms with van der Waals surface area (Å²) in [5, 5.41) is 4.74. The van der Waals surface area contributed by atoms with E-state index in [-0.39, 0.29) is 16.8 Å². The second-order valence-corrected chi connectivity index (χ2v) is 8.49. The average molecular weight is 364 g/mol. The van der Waals surface area contributed by atoms with E-state index in [4.69, 9.17) is 0 Å². The largest absolute Gasteiger partial charge is 0.349 e. The molecule has 0 radical (unpaired) electrons. The van der Waals surface area contributed by atoms with E-state index in [1.165, 1.54) is 29.9 Å². The number of amides is 1. The van der Waals surface area contributed by atoms with Gasteiger partial charge < -0.3 is 5.32 Å². The topological polar surface area (TPSA) is 75.3 Å². The second-order valence-electron chi connectivity index (χ2n) is 5.89. The van der Waals surface area contributed by atoms with Gasteiger partial charge in [-0.1, -0.05) is 37.5 Å². The Bertz CT molecular complexity index is 794. The van der Waals surface area contributed by atoms with E-state index in [0.717, 1.165) is 25.7 Å². The van der Waals surface area contributed by atoms with Crippen molar-refractivity contribution in [1.82, 2.24) is 5.32 Å². The molecule has 1 saturated carbocycles. The fourth-order valence-electron chi connectivity index (χ4n) is 2.87. The number of hydrogen-bond donors (Lipinski definition) is 2. The van der Waals surface area contributed by atoms with Crippen molar-refractivity contribution in [3.63, 3.8) is 0 Å². The summed E-state index contributed by atoms with van der Waals surface area (Å²) in [6.07, 6.45) is 5.45. The fourth-order valence-corrected chi connectivity index (χ4v) is 4.78. The van der Waals surface area contributed by atoms with Gasteiger partial charge in [0.2, 0.25) is 0 Å². The first-order chi connectivity index (χ1) is 11.6. The van der Waals surface area contributed by atoms with Crippen LogP contribution in [0, 0.1) is 0 Å². The maximum Gasteiger partial charge on any atom is 0.263 e. The number of sulfonamides is 1. The molecule has 0 aliphatic heterocycles. The van der Waals surface area contributed by atoms with Crippen LogP contribution in [0.25, 0.3) is 0 Å². The third-order valence-electron chi connectivity index (χ3n) is 4.11. The Balaban J connectivity index is 1.74. The van der Waals surface area contributed by atoms with Crippen LogP contribution >= 0.6 is 11.3 Å². The SMILES string of the molecule is O=C(NC1CCCCC1)c1sccc1NS(=O)(=O)c1ccccc1. The zero-order valence-corrected chi connectivity index (χ0v) is 14.8. The minimum atomic E-state index is -3.70. The lowest BCUT2D eigenvalue weighted by molar-refractivity contribution is 0.0932. The van der Waals surface area contributed by atoms with Crippen molar-refractivity contribution in [2.45, 2.75) is 43.0 Å². The first-order valence-corrected chi connectivity index (χ1v) is 10.4. The zero-order chi connectivity index (χ0) is 17.0. The highest BCUT2D eigenvalue weighted by Gasteiger charge is 2.22. The maximum absolute atomic E-state index is 12.5. The average Bonchev–Trinajstić information content (AvgIpc) is 3.04. The van der Waals surface area contributed by atoms with Gasteiger partial charge in [0, 0.05) is 6.04 Å². The van der Waals surface area contributed by atoms with E-state index in [1.807, 2.05) is 0 Å². The summed E-state index contributed by atoms with van der Waals surface area (Å²) in [6, 6.07) is 9.95. The van der Waals surface area contributed by atoms with Gasteiger partial charge in [0.05, 0.1) is 10.6 Å². The monoisotopic (exact) mass is 364 g/mol. The van der Waals surface area contributed by atoms with E-state index < -0.39 is 10.0 Å². The lowest BCUT2D eigenvalue weighted by atomic mass is 9.95. The molecule has 5 nitrogen and oxygen atoms in total. The first kappa shape index (κ1) is 17.0. The number of carbonyl (C=O) groups is 1. The molecule has 1 heterocycles. The lowest BCUT2D eigenvalue weighted by Crippen LogP contribution is -2.36. The van der Waals surface area contributed by atoms with Crippen LogP contribution in [0.15, 0.2) is 46.7 Å². The standard InChI is InChI=1S/C17H20N2O3S2/c20-17(18-13-7-3-1-4-8-13)16-15(11-12-23-16)19-24(21,22)14-9-5-2-6-10-14/h2,5-6,9-13,19H,1,3-4,7-8H2,(H,18,20). The van der Waals surface area contributed by atoms with Crippen LogP contribution in [0.2, 0.25) is 0 Å². The van der Waals surface area contributed by atoms with Crippen molar-refractivity contribution in [1.29, 1.82) is 0 Å². The van der Waals surface area contributed by atoms with Crippen LogP contribution in [0.5, 0.6) is 0 Å². The van der Waals surface area contributed by atoms with Crippen molar-refractivity contribution >= 4 is 33.0 Å². The van der Waals surface area contributed by atoms with Gasteiger partial charge in [-0.2, -0.15) is 0 Å². The van der Waals surface area contributed by atoms with E-state index in [9.17, 15) is 13.2 Å². The highest BCUT2D eigenvalue weighted by atomic mass is 32.2. The molecule has 1 aromatic heterocycles. The molecule has 1 aromatic carbocycles. The second kappa shape index (κ2) is 7.36. The van der Waals surface area contributed by atoms with Crippen molar-refractivity contribution in [3.05, 3.63) is 46.7 Å². The molecule has 24 heavy (non-hydrogen) atoms. The maximum atomic E-state index is 12.5. The molecule has 1 aliphatic rings. The van der Waals surface area contributed by atoms with Crippen LogP contribution in [0.3, 0.4) is 0 Å². The van der Waals surface area contributed by atoms with Crippen molar-refractivity contribution in [3.8, 4) is 0 Å². The van der Waals surface area contributed by atoms with Crippen LogP contribution < -0.4 is 10.0 Å². The molecule has 0 saturated heterocycles. The van der Waals surface area contributed by atoms with Gasteiger partial charge in [-0.3, -0.25) is 9.52 Å². The molecule has 1 fully saturated rings. The third kappa shape index (κ3) is 3.96. The number of anilines is 1. The summed E-state index contributed by atoms with van der Waals surface area (Å²) in [6.45, 7) is 0. The fraction of sp³-hybridized carbons (Fsp3) is 0.353. The van der Waals surface area contributed by atoms with Crippen LogP contribution in [0.4, 0.5) is 5.69 Å². The number of thiophene rings is 1. The van der Waals surface area contributed by atoms with Gasteiger partial charge in [-0.05, 0) is 36.4 Å². The van der Waals surface area contributed by atoms with E-state index in [1.54, 1.807) is 29.6 Å². The zero-order valence-electron chi connectivity index (χ0n) is 13.2. The number of nitrogens with one attached hydrogen (secondary N) is 2. The Morgan fingerprint density at radius 3 is 2.46 bits per heavy atom. The molecule has 1 amide bonds. The Morgan fingerprint density at radius 2 is 1.75 bits per heavy atom. The van der Waals surface area contributed by atoms with Gasteiger partial charge >= 0.3 is 0 Å². The molecule has 2 N–H and O–H groups in total. The van der Waals surface area contributed by atoms with Crippen molar-refractivity contribution in [2.75, 3.05) is 4.72 Å². The molecular formula is C17H20N2O3S2. The predicted molar refractivity (Wildman–Crippen MR) is 95.9 cm³/mol. The van der Waals surface area contributed by atoms with Crippen LogP contribution in [0.1, 0.15) is 41.8 Å². The van der Waals surface area contributed by atoms with E-state index >= 15 is 0 Å². The molecule has 0 bridgehead atoms. The predicted octanol–water partition coefficient (Wildman–Crippen LogP) is 3.61. The lowest BCUT2D eigenvalue weighted by Gasteiger charge is -2.22. The van der Waals surface area contributed by atoms with Crippen molar-refractivity contribution in [2.24, 2.45) is 0 Å². The van der Waals surface area contributed by atoms with Crippen LogP contribution in [-0.2, 0) is 10.0 Å². The third-order valence-corrected chi connectivity index (χ3v) is 6.40. The van der Waals surface area contributed by atoms with Crippen molar-refractivity contribution < 1.29 is 13.2 Å². The molecule has 128 valence electrons. The van der Waals surface area contributed by atoms with Gasteiger partial charge in [-0.15, -0.1) is 11.3 Å². The molecular weight excluding hydrogens is 344 g/mol. The minimum absolute atomic E-state index is 0.176. The Labute approximate surface area is 146 Å². The molecule has 2 aromatic rings. The highest BCUT2D eigenvalue weighted by molar-refractivity contribution is 7.92. The first-order valence-electron chi connectivity index (χ1n) is 8.02. The van der Waals surface area contributed by atoms with E-state index in [0.29, 0.717) is 10.6 Å². The summed E-state index contributed by atoms with van der Waals surface area (Å²) in [7, 11) is -3.70. The van der Waals surface area contributed by atoms with Gasteiger partial charge in [-0.25, -0.2) is 8.42 Å². The molecule has 0 unspecified atom stereocenters. The Hall–Kier alpha value is -1.86. The van der Waals surface area contributed by atoms with Crippen LogP contribution in [-0.4, -0.2) is 20.4 Å². The quantitative estimate of drug-likeness (QED) is 0.851.